The highest BCUT2D eigenvalue weighted by molar-refractivity contribution is 5.89. The van der Waals surface area contributed by atoms with Crippen LogP contribution in [0.4, 0.5) is 10.5 Å². The third-order valence-electron chi connectivity index (χ3n) is 3.63. The minimum atomic E-state index is -0.332. The molecular weight excluding hydrogens is 282 g/mol. The number of anilines is 1. The van der Waals surface area contributed by atoms with Gasteiger partial charge < -0.3 is 19.9 Å². The van der Waals surface area contributed by atoms with Crippen molar-refractivity contribution >= 4 is 17.7 Å². The minimum absolute atomic E-state index is 0.00399. The molecule has 1 aromatic rings. The number of ether oxygens (including phenoxy) is 1. The second kappa shape index (κ2) is 7.15. The van der Waals surface area contributed by atoms with E-state index >= 15 is 0 Å². The lowest BCUT2D eigenvalue weighted by Gasteiger charge is -2.36. The number of esters is 1. The van der Waals surface area contributed by atoms with Crippen LogP contribution >= 0.6 is 0 Å². The maximum Gasteiger partial charge on any atom is 0.337 e. The van der Waals surface area contributed by atoms with Gasteiger partial charge in [0, 0.05) is 37.9 Å². The molecule has 0 bridgehead atoms. The van der Waals surface area contributed by atoms with Crippen molar-refractivity contribution in [2.75, 3.05) is 38.2 Å². The number of methoxy groups -OCH3 is 1. The molecule has 2 rings (SSSR count). The van der Waals surface area contributed by atoms with Gasteiger partial charge in [0.25, 0.3) is 0 Å². The van der Waals surface area contributed by atoms with Gasteiger partial charge in [0.05, 0.1) is 12.7 Å². The summed E-state index contributed by atoms with van der Waals surface area (Å²) in [6.07, 6.45) is 0. The van der Waals surface area contributed by atoms with E-state index in [1.807, 2.05) is 30.9 Å². The molecule has 0 aliphatic carbocycles. The Morgan fingerprint density at radius 3 is 2.18 bits per heavy atom. The number of carbonyl (C=O) groups is 2. The van der Waals surface area contributed by atoms with Crippen molar-refractivity contribution in [3.05, 3.63) is 29.8 Å². The molecule has 6 heteroatoms. The zero-order valence-electron chi connectivity index (χ0n) is 13.3. The van der Waals surface area contributed by atoms with Gasteiger partial charge >= 0.3 is 12.0 Å². The Hall–Kier alpha value is -2.24. The normalized spacial score (nSPS) is 14.9. The van der Waals surface area contributed by atoms with Crippen LogP contribution in [0.3, 0.4) is 0 Å². The molecule has 120 valence electrons. The molecule has 2 amide bonds. The van der Waals surface area contributed by atoms with E-state index in [0.29, 0.717) is 18.7 Å². The van der Waals surface area contributed by atoms with Crippen molar-refractivity contribution in [1.29, 1.82) is 0 Å². The lowest BCUT2D eigenvalue weighted by Crippen LogP contribution is -2.52. The Morgan fingerprint density at radius 1 is 1.09 bits per heavy atom. The number of piperazine rings is 1. The first kappa shape index (κ1) is 16.1. The first-order valence-corrected chi connectivity index (χ1v) is 7.50. The summed E-state index contributed by atoms with van der Waals surface area (Å²) in [7, 11) is 1.37. The van der Waals surface area contributed by atoms with Gasteiger partial charge in [-0.2, -0.15) is 0 Å². The van der Waals surface area contributed by atoms with E-state index in [4.69, 9.17) is 0 Å². The van der Waals surface area contributed by atoms with Gasteiger partial charge in [-0.15, -0.1) is 0 Å². The highest BCUT2D eigenvalue weighted by atomic mass is 16.5. The standard InChI is InChI=1S/C16H23N3O3/c1-12(2)17-16(21)19-10-8-18(9-11-19)14-6-4-13(5-7-14)15(20)22-3/h4-7,12H,8-11H2,1-3H3,(H,17,21). The number of nitrogens with zero attached hydrogens (tertiary/aromatic N) is 2. The van der Waals surface area contributed by atoms with E-state index in [1.165, 1.54) is 7.11 Å². The smallest absolute Gasteiger partial charge is 0.337 e. The molecule has 6 nitrogen and oxygen atoms in total. The molecule has 1 aliphatic heterocycles. The predicted molar refractivity (Wildman–Crippen MR) is 85.2 cm³/mol. The zero-order valence-corrected chi connectivity index (χ0v) is 13.3. The SMILES string of the molecule is COC(=O)c1ccc(N2CCN(C(=O)NC(C)C)CC2)cc1. The molecule has 22 heavy (non-hydrogen) atoms. The summed E-state index contributed by atoms with van der Waals surface area (Å²) in [5.74, 6) is -0.332. The Kier molecular flexibility index (Phi) is 5.25. The first-order chi connectivity index (χ1) is 10.5. The molecule has 0 saturated carbocycles. The molecule has 0 spiro atoms. The van der Waals surface area contributed by atoms with E-state index in [0.717, 1.165) is 18.8 Å². The fourth-order valence-corrected chi connectivity index (χ4v) is 2.43. The number of hydrogen-bond acceptors (Lipinski definition) is 4. The van der Waals surface area contributed by atoms with E-state index in [-0.39, 0.29) is 18.0 Å². The zero-order chi connectivity index (χ0) is 16.1. The molecule has 0 radical (unpaired) electrons. The van der Waals surface area contributed by atoms with Gasteiger partial charge in [0.1, 0.15) is 0 Å². The summed E-state index contributed by atoms with van der Waals surface area (Å²) < 4.78 is 4.69. The van der Waals surface area contributed by atoms with Gasteiger partial charge in [-0.25, -0.2) is 9.59 Å². The first-order valence-electron chi connectivity index (χ1n) is 7.50. The quantitative estimate of drug-likeness (QED) is 0.864. The maximum atomic E-state index is 11.9. The van der Waals surface area contributed by atoms with Crippen LogP contribution in [0.5, 0.6) is 0 Å². The molecule has 1 saturated heterocycles. The van der Waals surface area contributed by atoms with Crippen LogP contribution in [0.2, 0.25) is 0 Å². The number of urea groups is 1. The Bertz CT molecular complexity index is 520. The Balaban J connectivity index is 1.91. The van der Waals surface area contributed by atoms with Gasteiger partial charge in [0.15, 0.2) is 0 Å². The van der Waals surface area contributed by atoms with Gasteiger partial charge in [-0.3, -0.25) is 0 Å². The predicted octanol–water partition coefficient (Wildman–Crippen LogP) is 1.71. The number of nitrogens with one attached hydrogen (secondary N) is 1. The van der Waals surface area contributed by atoms with Gasteiger partial charge in [-0.1, -0.05) is 0 Å². The number of amides is 2. The van der Waals surface area contributed by atoms with Crippen LogP contribution in [0.1, 0.15) is 24.2 Å². The van der Waals surface area contributed by atoms with Crippen LogP contribution < -0.4 is 10.2 Å². The van der Waals surface area contributed by atoms with E-state index in [1.54, 1.807) is 12.1 Å². The molecular formula is C16H23N3O3. The summed E-state index contributed by atoms with van der Waals surface area (Å²) in [6, 6.07) is 7.50. The van der Waals surface area contributed by atoms with Crippen LogP contribution in [-0.2, 0) is 4.74 Å². The van der Waals surface area contributed by atoms with Crippen molar-refractivity contribution in [2.24, 2.45) is 0 Å². The summed E-state index contributed by atoms with van der Waals surface area (Å²) in [6.45, 7) is 6.86. The number of hydrogen-bond donors (Lipinski definition) is 1. The monoisotopic (exact) mass is 305 g/mol. The number of benzene rings is 1. The molecule has 0 aromatic heterocycles. The van der Waals surface area contributed by atoms with Gasteiger partial charge in [-0.05, 0) is 38.1 Å². The molecule has 1 fully saturated rings. The van der Waals surface area contributed by atoms with Crippen molar-refractivity contribution in [3.8, 4) is 0 Å². The molecule has 1 aromatic carbocycles. The second-order valence-corrected chi connectivity index (χ2v) is 5.62. The third kappa shape index (κ3) is 3.90. The molecule has 0 atom stereocenters. The van der Waals surface area contributed by atoms with Crippen LogP contribution in [0.25, 0.3) is 0 Å². The van der Waals surface area contributed by atoms with E-state index in [9.17, 15) is 9.59 Å². The fraction of sp³-hybridized carbons (Fsp3) is 0.500. The maximum absolute atomic E-state index is 11.9. The number of rotatable bonds is 3. The molecule has 1 heterocycles. The molecule has 0 unspecified atom stereocenters. The third-order valence-corrected chi connectivity index (χ3v) is 3.63. The van der Waals surface area contributed by atoms with Crippen LogP contribution in [-0.4, -0.2) is 56.2 Å². The lowest BCUT2D eigenvalue weighted by molar-refractivity contribution is 0.0600. The second-order valence-electron chi connectivity index (χ2n) is 5.62. The van der Waals surface area contributed by atoms with Crippen LogP contribution in [0.15, 0.2) is 24.3 Å². The van der Waals surface area contributed by atoms with Crippen molar-refractivity contribution in [2.45, 2.75) is 19.9 Å². The minimum Gasteiger partial charge on any atom is -0.465 e. The highest BCUT2D eigenvalue weighted by Crippen LogP contribution is 2.17. The van der Waals surface area contributed by atoms with Gasteiger partial charge in [0.2, 0.25) is 0 Å². The van der Waals surface area contributed by atoms with Crippen molar-refractivity contribution in [1.82, 2.24) is 10.2 Å². The molecule has 1 N–H and O–H groups in total. The van der Waals surface area contributed by atoms with Crippen molar-refractivity contribution < 1.29 is 14.3 Å². The largest absolute Gasteiger partial charge is 0.465 e. The summed E-state index contributed by atoms with van der Waals surface area (Å²) >= 11 is 0. The Labute approximate surface area is 131 Å². The topological polar surface area (TPSA) is 61.9 Å². The average molecular weight is 305 g/mol. The Morgan fingerprint density at radius 2 is 1.68 bits per heavy atom. The van der Waals surface area contributed by atoms with E-state index < -0.39 is 0 Å². The lowest BCUT2D eigenvalue weighted by atomic mass is 10.2. The van der Waals surface area contributed by atoms with Crippen molar-refractivity contribution in [3.63, 3.8) is 0 Å². The summed E-state index contributed by atoms with van der Waals surface area (Å²) in [5.41, 5.74) is 1.60. The summed E-state index contributed by atoms with van der Waals surface area (Å²) in [5, 5.41) is 2.91. The van der Waals surface area contributed by atoms with Crippen LogP contribution in [0, 0.1) is 0 Å². The van der Waals surface area contributed by atoms with E-state index in [2.05, 4.69) is 15.0 Å². The summed E-state index contributed by atoms with van der Waals surface area (Å²) in [4.78, 5) is 27.4. The average Bonchev–Trinajstić information content (AvgIpc) is 2.54. The molecule has 1 aliphatic rings. The number of carbonyl (C=O) groups excluding carboxylic acids is 2. The fourth-order valence-electron chi connectivity index (χ4n) is 2.43. The highest BCUT2D eigenvalue weighted by Gasteiger charge is 2.21.